The van der Waals surface area contributed by atoms with Crippen LogP contribution in [0.1, 0.15) is 16.7 Å². The Labute approximate surface area is 87.3 Å². The Bertz CT molecular complexity index is 367. The van der Waals surface area contributed by atoms with E-state index in [0.717, 1.165) is 5.56 Å². The van der Waals surface area contributed by atoms with Crippen molar-refractivity contribution >= 4 is 12.4 Å². The summed E-state index contributed by atoms with van der Waals surface area (Å²) in [5.74, 6) is 0.496. The van der Waals surface area contributed by atoms with Crippen LogP contribution in [0, 0.1) is 6.92 Å². The zero-order chi connectivity index (χ0) is 11.3. The Morgan fingerprint density at radius 1 is 1.13 bits per heavy atom. The predicted octanol–water partition coefficient (Wildman–Crippen LogP) is 1.62. The second-order valence-corrected chi connectivity index (χ2v) is 2.97. The van der Waals surface area contributed by atoms with Crippen LogP contribution in [0.15, 0.2) is 22.4 Å². The lowest BCUT2D eigenvalue weighted by atomic mass is 10.1. The van der Waals surface area contributed by atoms with Crippen molar-refractivity contribution in [2.45, 2.75) is 6.92 Å². The van der Waals surface area contributed by atoms with E-state index in [4.69, 9.17) is 15.2 Å². The van der Waals surface area contributed by atoms with Crippen molar-refractivity contribution in [1.82, 2.24) is 0 Å². The van der Waals surface area contributed by atoms with Crippen LogP contribution in [-0.2, 0) is 0 Å². The molecule has 0 spiro atoms. The normalized spacial score (nSPS) is 11.3. The monoisotopic (exact) mass is 208 g/mol. The van der Waals surface area contributed by atoms with Gasteiger partial charge in [-0.1, -0.05) is 10.3 Å². The fourth-order valence-corrected chi connectivity index (χ4v) is 1.38. The molecule has 0 heterocycles. The van der Waals surface area contributed by atoms with Gasteiger partial charge >= 0.3 is 0 Å². The first-order valence-electron chi connectivity index (χ1n) is 4.26. The number of aryl methyl sites for hydroxylation is 1. The highest BCUT2D eigenvalue weighted by atomic mass is 16.5. The van der Waals surface area contributed by atoms with Crippen LogP contribution < -0.4 is 4.74 Å². The topological polar surface area (TPSA) is 74.4 Å². The molecule has 0 unspecified atom stereocenters. The molecule has 0 atom stereocenters. The van der Waals surface area contributed by atoms with Gasteiger partial charge < -0.3 is 15.2 Å². The maximum atomic E-state index is 8.48. The summed E-state index contributed by atoms with van der Waals surface area (Å²) in [6, 6.07) is 3.60. The van der Waals surface area contributed by atoms with E-state index in [1.165, 1.54) is 19.5 Å². The molecule has 0 saturated carbocycles. The van der Waals surface area contributed by atoms with Gasteiger partial charge in [-0.2, -0.15) is 0 Å². The van der Waals surface area contributed by atoms with Gasteiger partial charge in [-0.25, -0.2) is 0 Å². The maximum Gasteiger partial charge on any atom is 0.136 e. The highest BCUT2D eigenvalue weighted by molar-refractivity contribution is 5.92. The Morgan fingerprint density at radius 3 is 1.93 bits per heavy atom. The van der Waals surface area contributed by atoms with Crippen molar-refractivity contribution in [1.29, 1.82) is 0 Å². The molecule has 2 N–H and O–H groups in total. The van der Waals surface area contributed by atoms with Crippen LogP contribution in [0.3, 0.4) is 0 Å². The van der Waals surface area contributed by atoms with E-state index in [1.54, 1.807) is 12.1 Å². The molecule has 0 aliphatic rings. The maximum absolute atomic E-state index is 8.48. The van der Waals surface area contributed by atoms with E-state index >= 15 is 0 Å². The van der Waals surface area contributed by atoms with Crippen LogP contribution in [-0.4, -0.2) is 30.0 Å². The lowest BCUT2D eigenvalue weighted by Gasteiger charge is -2.08. The molecule has 15 heavy (non-hydrogen) atoms. The van der Waals surface area contributed by atoms with E-state index in [0.29, 0.717) is 16.9 Å². The second kappa shape index (κ2) is 4.99. The molecule has 1 aromatic carbocycles. The van der Waals surface area contributed by atoms with Gasteiger partial charge in [0.15, 0.2) is 0 Å². The molecule has 5 heteroatoms. The number of hydrogen-bond donors (Lipinski definition) is 2. The summed E-state index contributed by atoms with van der Waals surface area (Å²) in [4.78, 5) is 0. The van der Waals surface area contributed by atoms with Crippen LogP contribution in [0.2, 0.25) is 0 Å². The minimum absolute atomic E-state index is 0.496. The number of nitrogens with zero attached hydrogens (tertiary/aromatic N) is 2. The Hall–Kier alpha value is -2.04. The predicted molar refractivity (Wildman–Crippen MR) is 56.5 cm³/mol. The molecule has 0 bridgehead atoms. The summed E-state index contributed by atoms with van der Waals surface area (Å²) in [5, 5.41) is 22.9. The third-order valence-corrected chi connectivity index (χ3v) is 1.89. The van der Waals surface area contributed by atoms with Crippen molar-refractivity contribution in [3.05, 3.63) is 28.8 Å². The van der Waals surface area contributed by atoms with Gasteiger partial charge in [0.25, 0.3) is 0 Å². The van der Waals surface area contributed by atoms with Crippen molar-refractivity contribution < 1.29 is 15.2 Å². The first kappa shape index (κ1) is 11.0. The van der Waals surface area contributed by atoms with Crippen LogP contribution in [0.25, 0.3) is 0 Å². The number of hydrogen-bond acceptors (Lipinski definition) is 5. The van der Waals surface area contributed by atoms with Crippen molar-refractivity contribution in [2.75, 3.05) is 7.11 Å². The zero-order valence-electron chi connectivity index (χ0n) is 8.51. The molecule has 80 valence electrons. The third-order valence-electron chi connectivity index (χ3n) is 1.89. The van der Waals surface area contributed by atoms with Crippen LogP contribution >= 0.6 is 0 Å². The largest absolute Gasteiger partial charge is 0.495 e. The molecular weight excluding hydrogens is 196 g/mol. The number of ether oxygens (including phenoxy) is 1. The average molecular weight is 208 g/mol. The molecule has 0 aromatic heterocycles. The van der Waals surface area contributed by atoms with Crippen molar-refractivity contribution in [3.8, 4) is 5.75 Å². The van der Waals surface area contributed by atoms with Gasteiger partial charge in [0.2, 0.25) is 0 Å². The van der Waals surface area contributed by atoms with Gasteiger partial charge in [0.05, 0.1) is 19.5 Å². The Kier molecular flexibility index (Phi) is 3.68. The van der Waals surface area contributed by atoms with Gasteiger partial charge in [-0.3, -0.25) is 0 Å². The number of rotatable bonds is 3. The molecular formula is C10H12N2O3. The smallest absolute Gasteiger partial charge is 0.136 e. The summed E-state index contributed by atoms with van der Waals surface area (Å²) in [6.45, 7) is 1.88. The molecule has 5 nitrogen and oxygen atoms in total. The number of methoxy groups -OCH3 is 1. The highest BCUT2D eigenvalue weighted by Gasteiger charge is 2.07. The van der Waals surface area contributed by atoms with Crippen LogP contribution in [0.4, 0.5) is 0 Å². The van der Waals surface area contributed by atoms with Gasteiger partial charge in [-0.05, 0) is 24.6 Å². The molecule has 0 saturated heterocycles. The molecule has 0 aliphatic heterocycles. The fraction of sp³-hybridized carbons (Fsp3) is 0.200. The van der Waals surface area contributed by atoms with Gasteiger partial charge in [-0.15, -0.1) is 0 Å². The summed E-state index contributed by atoms with van der Waals surface area (Å²) in [5.41, 5.74) is 2.19. The average Bonchev–Trinajstić information content (AvgIpc) is 2.18. The first-order chi connectivity index (χ1) is 7.22. The summed E-state index contributed by atoms with van der Waals surface area (Å²) in [7, 11) is 1.49. The quantitative estimate of drug-likeness (QED) is 0.450. The van der Waals surface area contributed by atoms with E-state index in [2.05, 4.69) is 10.3 Å². The molecule has 0 radical (unpaired) electrons. The lowest BCUT2D eigenvalue weighted by molar-refractivity contribution is 0.321. The van der Waals surface area contributed by atoms with Crippen molar-refractivity contribution in [2.24, 2.45) is 10.3 Å². The summed E-state index contributed by atoms with van der Waals surface area (Å²) >= 11 is 0. The molecule has 0 fully saturated rings. The molecule has 1 rings (SSSR count). The molecule has 0 aliphatic carbocycles. The molecule has 0 amide bonds. The van der Waals surface area contributed by atoms with Gasteiger partial charge in [0.1, 0.15) is 5.75 Å². The Morgan fingerprint density at radius 2 is 1.60 bits per heavy atom. The van der Waals surface area contributed by atoms with Gasteiger partial charge in [0, 0.05) is 11.1 Å². The highest BCUT2D eigenvalue weighted by Crippen LogP contribution is 2.23. The summed E-state index contributed by atoms with van der Waals surface area (Å²) < 4.78 is 5.13. The fourth-order valence-electron chi connectivity index (χ4n) is 1.38. The third kappa shape index (κ3) is 2.46. The second-order valence-electron chi connectivity index (χ2n) is 2.97. The SMILES string of the molecule is COc1c(/C=N/O)cc(C)cc1/C=N/O. The minimum Gasteiger partial charge on any atom is -0.495 e. The molecule has 1 aromatic rings. The number of oxime groups is 2. The number of benzene rings is 1. The minimum atomic E-state index is 0.496. The van der Waals surface area contributed by atoms with Crippen LogP contribution in [0.5, 0.6) is 5.75 Å². The lowest BCUT2D eigenvalue weighted by Crippen LogP contribution is -1.98. The van der Waals surface area contributed by atoms with Crippen molar-refractivity contribution in [3.63, 3.8) is 0 Å². The van der Waals surface area contributed by atoms with E-state index in [1.807, 2.05) is 6.92 Å². The van der Waals surface area contributed by atoms with E-state index < -0.39 is 0 Å². The van der Waals surface area contributed by atoms with E-state index in [-0.39, 0.29) is 0 Å². The summed E-state index contributed by atoms with van der Waals surface area (Å²) in [6.07, 6.45) is 2.53. The Balaban J connectivity index is 3.37. The zero-order valence-corrected chi connectivity index (χ0v) is 8.51. The standard InChI is InChI=1S/C10H12N2O3/c1-7-3-8(5-11-13)10(15-2)9(4-7)6-12-14/h3-6,13-14H,1-2H3/b11-5+,12-6+. The first-order valence-corrected chi connectivity index (χ1v) is 4.26. The van der Waals surface area contributed by atoms with E-state index in [9.17, 15) is 0 Å².